The van der Waals surface area contributed by atoms with Crippen LogP contribution in [-0.4, -0.2) is 28.5 Å². The molecule has 5 heteroatoms. The fourth-order valence-corrected chi connectivity index (χ4v) is 2.23. The minimum absolute atomic E-state index is 0.581. The summed E-state index contributed by atoms with van der Waals surface area (Å²) in [5, 5.41) is 3.35. The number of hydrogen-bond acceptors (Lipinski definition) is 5. The maximum absolute atomic E-state index is 5.80. The fraction of sp³-hybridized carbons (Fsp3) is 0.636. The molecule has 0 saturated heterocycles. The van der Waals surface area contributed by atoms with E-state index in [0.717, 1.165) is 30.1 Å². The summed E-state index contributed by atoms with van der Waals surface area (Å²) < 4.78 is 0. The van der Waals surface area contributed by atoms with E-state index in [1.165, 1.54) is 6.33 Å². The molecule has 0 fully saturated rings. The van der Waals surface area contributed by atoms with Crippen LogP contribution in [0, 0.1) is 5.92 Å². The Kier molecular flexibility index (Phi) is 5.38. The summed E-state index contributed by atoms with van der Waals surface area (Å²) >= 11 is 1.86. The van der Waals surface area contributed by atoms with Crippen molar-refractivity contribution in [1.82, 2.24) is 9.97 Å². The summed E-state index contributed by atoms with van der Waals surface area (Å²) in [5.41, 5.74) is 6.81. The third kappa shape index (κ3) is 3.56. The summed E-state index contributed by atoms with van der Waals surface area (Å²) in [5.74, 6) is 3.23. The van der Waals surface area contributed by atoms with Crippen molar-refractivity contribution in [3.05, 3.63) is 11.9 Å². The summed E-state index contributed by atoms with van der Waals surface area (Å²) in [6.45, 7) is 5.20. The molecule has 0 amide bonds. The largest absolute Gasteiger partial charge is 0.383 e. The SMILES string of the molecule is CCc1c(N)ncnc1NCC(C)CSC. The Bertz CT molecular complexity index is 330. The van der Waals surface area contributed by atoms with E-state index < -0.39 is 0 Å². The van der Waals surface area contributed by atoms with Gasteiger partial charge in [0.15, 0.2) is 0 Å². The molecular formula is C11H20N4S. The molecule has 0 aliphatic carbocycles. The van der Waals surface area contributed by atoms with Crippen LogP contribution in [0.15, 0.2) is 6.33 Å². The molecule has 1 aromatic heterocycles. The summed E-state index contributed by atoms with van der Waals surface area (Å²) in [4.78, 5) is 8.23. The third-order valence-corrected chi connectivity index (χ3v) is 3.30. The summed E-state index contributed by atoms with van der Waals surface area (Å²) in [6.07, 6.45) is 4.48. The molecule has 0 saturated carbocycles. The Balaban J connectivity index is 2.63. The molecular weight excluding hydrogens is 220 g/mol. The van der Waals surface area contributed by atoms with Gasteiger partial charge in [0.1, 0.15) is 18.0 Å². The van der Waals surface area contributed by atoms with Crippen molar-refractivity contribution < 1.29 is 0 Å². The van der Waals surface area contributed by atoms with E-state index in [1.54, 1.807) is 0 Å². The van der Waals surface area contributed by atoms with Gasteiger partial charge in [-0.25, -0.2) is 9.97 Å². The van der Waals surface area contributed by atoms with Crippen LogP contribution in [0.4, 0.5) is 11.6 Å². The van der Waals surface area contributed by atoms with Gasteiger partial charge in [0, 0.05) is 12.1 Å². The first-order valence-corrected chi connectivity index (χ1v) is 6.90. The van der Waals surface area contributed by atoms with Crippen molar-refractivity contribution in [2.24, 2.45) is 5.92 Å². The average Bonchev–Trinajstić information content (AvgIpc) is 2.27. The van der Waals surface area contributed by atoms with Gasteiger partial charge >= 0.3 is 0 Å². The van der Waals surface area contributed by atoms with Crippen molar-refractivity contribution in [1.29, 1.82) is 0 Å². The van der Waals surface area contributed by atoms with Gasteiger partial charge in [-0.1, -0.05) is 13.8 Å². The van der Waals surface area contributed by atoms with Crippen LogP contribution in [0.5, 0.6) is 0 Å². The van der Waals surface area contributed by atoms with E-state index in [9.17, 15) is 0 Å². The zero-order valence-corrected chi connectivity index (χ0v) is 11.0. The zero-order valence-electron chi connectivity index (χ0n) is 10.2. The Labute approximate surface area is 101 Å². The molecule has 1 atom stereocenters. The molecule has 90 valence electrons. The first-order chi connectivity index (χ1) is 7.69. The number of anilines is 2. The first-order valence-electron chi connectivity index (χ1n) is 5.51. The van der Waals surface area contributed by atoms with Crippen molar-refractivity contribution in [2.45, 2.75) is 20.3 Å². The number of rotatable bonds is 6. The second kappa shape index (κ2) is 6.58. The van der Waals surface area contributed by atoms with Crippen LogP contribution >= 0.6 is 11.8 Å². The number of aromatic nitrogens is 2. The maximum Gasteiger partial charge on any atom is 0.134 e. The van der Waals surface area contributed by atoms with E-state index in [0.29, 0.717) is 11.7 Å². The number of nitrogen functional groups attached to an aromatic ring is 1. The van der Waals surface area contributed by atoms with Crippen molar-refractivity contribution >= 4 is 23.4 Å². The van der Waals surface area contributed by atoms with Crippen LogP contribution in [0.2, 0.25) is 0 Å². The van der Waals surface area contributed by atoms with E-state index in [4.69, 9.17) is 5.73 Å². The van der Waals surface area contributed by atoms with Crippen LogP contribution in [0.25, 0.3) is 0 Å². The van der Waals surface area contributed by atoms with E-state index in [-0.39, 0.29) is 0 Å². The molecule has 0 radical (unpaired) electrons. The van der Waals surface area contributed by atoms with Crippen molar-refractivity contribution in [2.75, 3.05) is 29.6 Å². The van der Waals surface area contributed by atoms with E-state index in [1.807, 2.05) is 11.8 Å². The molecule has 0 spiro atoms. The Morgan fingerprint density at radius 3 is 2.88 bits per heavy atom. The molecule has 1 unspecified atom stereocenters. The molecule has 1 rings (SSSR count). The van der Waals surface area contributed by atoms with Crippen LogP contribution in [0.1, 0.15) is 19.4 Å². The second-order valence-electron chi connectivity index (χ2n) is 3.88. The first kappa shape index (κ1) is 13.1. The van der Waals surface area contributed by atoms with Gasteiger partial charge < -0.3 is 11.1 Å². The van der Waals surface area contributed by atoms with Gasteiger partial charge in [0.05, 0.1) is 0 Å². The Morgan fingerprint density at radius 2 is 2.25 bits per heavy atom. The monoisotopic (exact) mass is 240 g/mol. The highest BCUT2D eigenvalue weighted by Crippen LogP contribution is 2.18. The topological polar surface area (TPSA) is 63.8 Å². The molecule has 4 nitrogen and oxygen atoms in total. The number of hydrogen-bond donors (Lipinski definition) is 2. The van der Waals surface area contributed by atoms with Crippen LogP contribution in [0.3, 0.4) is 0 Å². The molecule has 3 N–H and O–H groups in total. The molecule has 0 bridgehead atoms. The normalized spacial score (nSPS) is 12.4. The van der Waals surface area contributed by atoms with E-state index >= 15 is 0 Å². The molecule has 0 aliphatic rings. The summed E-state index contributed by atoms with van der Waals surface area (Å²) in [7, 11) is 0. The minimum atomic E-state index is 0.581. The molecule has 1 aromatic rings. The van der Waals surface area contributed by atoms with Crippen LogP contribution in [-0.2, 0) is 6.42 Å². The quantitative estimate of drug-likeness (QED) is 0.796. The molecule has 16 heavy (non-hydrogen) atoms. The number of nitrogens with two attached hydrogens (primary N) is 1. The third-order valence-electron chi connectivity index (χ3n) is 2.40. The van der Waals surface area contributed by atoms with E-state index in [2.05, 4.69) is 35.4 Å². The lowest BCUT2D eigenvalue weighted by atomic mass is 10.2. The number of nitrogens with one attached hydrogen (secondary N) is 1. The van der Waals surface area contributed by atoms with Gasteiger partial charge in [0.2, 0.25) is 0 Å². The van der Waals surface area contributed by atoms with Gasteiger partial charge in [-0.3, -0.25) is 0 Å². The van der Waals surface area contributed by atoms with Crippen LogP contribution < -0.4 is 11.1 Å². The Morgan fingerprint density at radius 1 is 1.50 bits per heavy atom. The highest BCUT2D eigenvalue weighted by Gasteiger charge is 2.08. The zero-order chi connectivity index (χ0) is 12.0. The smallest absolute Gasteiger partial charge is 0.134 e. The number of thioether (sulfide) groups is 1. The second-order valence-corrected chi connectivity index (χ2v) is 4.79. The molecule has 0 aromatic carbocycles. The van der Waals surface area contributed by atoms with Gasteiger partial charge in [-0.2, -0.15) is 11.8 Å². The van der Waals surface area contributed by atoms with Crippen molar-refractivity contribution in [3.8, 4) is 0 Å². The predicted octanol–water partition coefficient (Wildman–Crippen LogP) is 2.03. The average molecular weight is 240 g/mol. The highest BCUT2D eigenvalue weighted by molar-refractivity contribution is 7.98. The fourth-order valence-electron chi connectivity index (χ4n) is 1.54. The summed E-state index contributed by atoms with van der Waals surface area (Å²) in [6, 6.07) is 0. The lowest BCUT2D eigenvalue weighted by Gasteiger charge is -2.14. The predicted molar refractivity (Wildman–Crippen MR) is 71.9 cm³/mol. The van der Waals surface area contributed by atoms with Crippen molar-refractivity contribution in [3.63, 3.8) is 0 Å². The highest BCUT2D eigenvalue weighted by atomic mass is 32.2. The van der Waals surface area contributed by atoms with Gasteiger partial charge in [-0.15, -0.1) is 0 Å². The standard InChI is InChI=1S/C11H20N4S/c1-4-9-10(12)14-7-15-11(9)13-5-8(2)6-16-3/h7-8H,4-6H2,1-3H3,(H3,12,13,14,15). The number of nitrogens with zero attached hydrogens (tertiary/aromatic N) is 2. The van der Waals surface area contributed by atoms with Gasteiger partial charge in [-0.05, 0) is 24.3 Å². The Hall–Kier alpha value is -0.970. The molecule has 0 aliphatic heterocycles. The lowest BCUT2D eigenvalue weighted by Crippen LogP contribution is -2.16. The molecule has 1 heterocycles. The minimum Gasteiger partial charge on any atom is -0.383 e. The maximum atomic E-state index is 5.80. The lowest BCUT2D eigenvalue weighted by molar-refractivity contribution is 0.698. The van der Waals surface area contributed by atoms with Gasteiger partial charge in [0.25, 0.3) is 0 Å².